The molecule has 1 aromatic carbocycles. The summed E-state index contributed by atoms with van der Waals surface area (Å²) >= 11 is 1.51. The third kappa shape index (κ3) is 2.79. The van der Waals surface area contributed by atoms with Gasteiger partial charge in [-0.25, -0.2) is 0 Å². The molecule has 3 rings (SSSR count). The van der Waals surface area contributed by atoms with Gasteiger partial charge in [0.25, 0.3) is 0 Å². The summed E-state index contributed by atoms with van der Waals surface area (Å²) in [5.41, 5.74) is 3.72. The molecule has 18 heavy (non-hydrogen) atoms. The van der Waals surface area contributed by atoms with E-state index in [0.717, 1.165) is 12.2 Å². The van der Waals surface area contributed by atoms with Crippen molar-refractivity contribution in [2.24, 2.45) is 0 Å². The molecule has 0 N–H and O–H groups in total. The molecule has 0 unspecified atom stereocenters. The first kappa shape index (κ1) is 11.9. The lowest BCUT2D eigenvalue weighted by atomic mass is 10.1. The minimum absolute atomic E-state index is 1.09. The van der Waals surface area contributed by atoms with Crippen molar-refractivity contribution in [2.45, 2.75) is 25.8 Å². The van der Waals surface area contributed by atoms with Gasteiger partial charge in [0.15, 0.2) is 0 Å². The molecule has 3 heteroatoms. The number of hydrogen-bond donors (Lipinski definition) is 0. The fourth-order valence-electron chi connectivity index (χ4n) is 2.52. The summed E-state index contributed by atoms with van der Waals surface area (Å²) in [6, 6.07) is 10.9. The van der Waals surface area contributed by atoms with Gasteiger partial charge in [-0.15, -0.1) is 0 Å². The van der Waals surface area contributed by atoms with Crippen LogP contribution in [0.1, 0.15) is 24.8 Å². The van der Waals surface area contributed by atoms with Crippen molar-refractivity contribution < 1.29 is 0 Å². The molecular weight excluding hydrogens is 240 g/mol. The Labute approximate surface area is 112 Å². The molecule has 1 fully saturated rings. The minimum Gasteiger partial charge on any atom is -0.299 e. The van der Waals surface area contributed by atoms with E-state index in [9.17, 15) is 0 Å². The molecule has 2 nitrogen and oxygen atoms in total. The van der Waals surface area contributed by atoms with Gasteiger partial charge in [-0.2, -0.15) is 4.37 Å². The van der Waals surface area contributed by atoms with Gasteiger partial charge in [-0.3, -0.25) is 4.90 Å². The van der Waals surface area contributed by atoms with Crippen LogP contribution in [0.2, 0.25) is 0 Å². The van der Waals surface area contributed by atoms with E-state index in [2.05, 4.69) is 39.6 Å². The van der Waals surface area contributed by atoms with Gasteiger partial charge in [0.2, 0.25) is 0 Å². The number of hydrogen-bond acceptors (Lipinski definition) is 3. The van der Waals surface area contributed by atoms with E-state index in [0.29, 0.717) is 0 Å². The van der Waals surface area contributed by atoms with Crippen molar-refractivity contribution in [3.63, 3.8) is 0 Å². The molecule has 1 aliphatic heterocycles. The first-order chi connectivity index (χ1) is 8.92. The van der Waals surface area contributed by atoms with E-state index in [-0.39, 0.29) is 0 Å². The summed E-state index contributed by atoms with van der Waals surface area (Å²) in [7, 11) is 0. The van der Waals surface area contributed by atoms with Crippen LogP contribution in [0.5, 0.6) is 0 Å². The summed E-state index contributed by atoms with van der Waals surface area (Å²) in [5, 5.41) is 2.02. The largest absolute Gasteiger partial charge is 0.299 e. The Balaban J connectivity index is 1.67. The van der Waals surface area contributed by atoms with E-state index in [1.165, 1.54) is 55.0 Å². The Morgan fingerprint density at radius 2 is 1.78 bits per heavy atom. The Morgan fingerprint density at radius 3 is 2.44 bits per heavy atom. The van der Waals surface area contributed by atoms with Crippen LogP contribution < -0.4 is 0 Å². The molecule has 2 heterocycles. The highest BCUT2D eigenvalue weighted by molar-refractivity contribution is 7.03. The van der Waals surface area contributed by atoms with Crippen LogP contribution in [-0.2, 0) is 6.54 Å². The molecule has 0 aliphatic carbocycles. The summed E-state index contributed by atoms with van der Waals surface area (Å²) in [6.45, 7) is 3.61. The maximum absolute atomic E-state index is 4.36. The summed E-state index contributed by atoms with van der Waals surface area (Å²) in [4.78, 5) is 2.56. The molecule has 0 bridgehead atoms. The van der Waals surface area contributed by atoms with Gasteiger partial charge in [0.05, 0.1) is 5.69 Å². The standard InChI is InChI=1S/C15H18N2S/c1-2-9-17(10-3-1)12-13-4-6-14(7-5-13)15-8-11-18-16-15/h4-8,11H,1-3,9-10,12H2. The maximum Gasteiger partial charge on any atom is 0.0840 e. The molecule has 0 spiro atoms. The fourth-order valence-corrected chi connectivity index (χ4v) is 3.05. The number of rotatable bonds is 3. The highest BCUT2D eigenvalue weighted by atomic mass is 32.1. The molecule has 0 atom stereocenters. The van der Waals surface area contributed by atoms with Gasteiger partial charge in [-0.05, 0) is 49.1 Å². The summed E-state index contributed by atoms with van der Waals surface area (Å²) in [5.74, 6) is 0. The zero-order chi connectivity index (χ0) is 12.2. The molecule has 1 aromatic heterocycles. The predicted octanol–water partition coefficient (Wildman–Crippen LogP) is 3.80. The van der Waals surface area contributed by atoms with Gasteiger partial charge >= 0.3 is 0 Å². The van der Waals surface area contributed by atoms with Gasteiger partial charge < -0.3 is 0 Å². The van der Waals surface area contributed by atoms with E-state index in [1.54, 1.807) is 0 Å². The van der Waals surface area contributed by atoms with Crippen LogP contribution in [0.25, 0.3) is 11.3 Å². The molecule has 0 saturated carbocycles. The number of piperidine rings is 1. The van der Waals surface area contributed by atoms with Gasteiger partial charge in [-0.1, -0.05) is 30.7 Å². The van der Waals surface area contributed by atoms with Gasteiger partial charge in [0, 0.05) is 17.5 Å². The van der Waals surface area contributed by atoms with E-state index in [4.69, 9.17) is 0 Å². The lowest BCUT2D eigenvalue weighted by molar-refractivity contribution is 0.221. The molecule has 1 saturated heterocycles. The van der Waals surface area contributed by atoms with E-state index >= 15 is 0 Å². The van der Waals surface area contributed by atoms with Crippen molar-refractivity contribution in [2.75, 3.05) is 13.1 Å². The van der Waals surface area contributed by atoms with Crippen LogP contribution in [-0.4, -0.2) is 22.4 Å². The molecule has 1 aliphatic rings. The number of nitrogens with zero attached hydrogens (tertiary/aromatic N) is 2. The molecule has 94 valence electrons. The summed E-state index contributed by atoms with van der Waals surface area (Å²) < 4.78 is 4.36. The number of likely N-dealkylation sites (tertiary alicyclic amines) is 1. The highest BCUT2D eigenvalue weighted by Gasteiger charge is 2.10. The normalized spacial score (nSPS) is 16.9. The van der Waals surface area contributed by atoms with Crippen LogP contribution in [0.3, 0.4) is 0 Å². The third-order valence-corrected chi connectivity index (χ3v) is 4.10. The molecule has 0 amide bonds. The van der Waals surface area contributed by atoms with Crippen LogP contribution in [0, 0.1) is 0 Å². The lowest BCUT2D eigenvalue weighted by Gasteiger charge is -2.26. The second kappa shape index (κ2) is 5.63. The SMILES string of the molecule is c1cc(-c2ccc(CN3CCCCC3)cc2)ns1. The lowest BCUT2D eigenvalue weighted by Crippen LogP contribution is -2.28. The van der Waals surface area contributed by atoms with Crippen molar-refractivity contribution in [1.29, 1.82) is 0 Å². The average molecular weight is 258 g/mol. The Hall–Kier alpha value is -1.19. The topological polar surface area (TPSA) is 16.1 Å². The quantitative estimate of drug-likeness (QED) is 0.832. The van der Waals surface area contributed by atoms with Gasteiger partial charge in [0.1, 0.15) is 0 Å². The molecule has 0 radical (unpaired) electrons. The zero-order valence-electron chi connectivity index (χ0n) is 10.5. The van der Waals surface area contributed by atoms with Crippen molar-refractivity contribution >= 4 is 11.5 Å². The second-order valence-corrected chi connectivity index (χ2v) is 5.58. The molecular formula is C15H18N2S. The van der Waals surface area contributed by atoms with Crippen LogP contribution >= 0.6 is 11.5 Å². The third-order valence-electron chi connectivity index (χ3n) is 3.54. The molecule has 2 aromatic rings. The monoisotopic (exact) mass is 258 g/mol. The minimum atomic E-state index is 1.09. The Kier molecular flexibility index (Phi) is 3.72. The smallest absolute Gasteiger partial charge is 0.0840 e. The fraction of sp³-hybridized carbons (Fsp3) is 0.400. The van der Waals surface area contributed by atoms with Crippen molar-refractivity contribution in [3.8, 4) is 11.3 Å². The van der Waals surface area contributed by atoms with Crippen LogP contribution in [0.15, 0.2) is 35.7 Å². The first-order valence-electron chi connectivity index (χ1n) is 6.64. The zero-order valence-corrected chi connectivity index (χ0v) is 11.3. The first-order valence-corrected chi connectivity index (χ1v) is 7.47. The van der Waals surface area contributed by atoms with E-state index < -0.39 is 0 Å². The van der Waals surface area contributed by atoms with E-state index in [1.807, 2.05) is 5.38 Å². The number of aromatic nitrogens is 1. The highest BCUT2D eigenvalue weighted by Crippen LogP contribution is 2.20. The Morgan fingerprint density at radius 1 is 1.00 bits per heavy atom. The van der Waals surface area contributed by atoms with Crippen molar-refractivity contribution in [1.82, 2.24) is 9.27 Å². The van der Waals surface area contributed by atoms with Crippen LogP contribution in [0.4, 0.5) is 0 Å². The maximum atomic E-state index is 4.36. The number of benzene rings is 1. The second-order valence-electron chi connectivity index (χ2n) is 4.92. The Bertz CT molecular complexity index is 470. The average Bonchev–Trinajstić information content (AvgIpc) is 2.95. The predicted molar refractivity (Wildman–Crippen MR) is 76.7 cm³/mol. The summed E-state index contributed by atoms with van der Waals surface area (Å²) in [6.07, 6.45) is 4.12. The van der Waals surface area contributed by atoms with Crippen molar-refractivity contribution in [3.05, 3.63) is 41.3 Å².